The fourth-order valence-electron chi connectivity index (χ4n) is 3.17. The van der Waals surface area contributed by atoms with Crippen molar-refractivity contribution in [1.82, 2.24) is 5.32 Å². The van der Waals surface area contributed by atoms with Crippen molar-refractivity contribution in [3.63, 3.8) is 0 Å². The first-order valence-corrected chi connectivity index (χ1v) is 8.87. The maximum Gasteiger partial charge on any atom is 0.425 e. The summed E-state index contributed by atoms with van der Waals surface area (Å²) in [6, 6.07) is 11.8. The summed E-state index contributed by atoms with van der Waals surface area (Å²) in [4.78, 5) is 38.7. The Morgan fingerprint density at radius 2 is 1.63 bits per heavy atom. The molecule has 10 heteroatoms. The summed E-state index contributed by atoms with van der Waals surface area (Å²) in [6.45, 7) is 0.834. The van der Waals surface area contributed by atoms with E-state index >= 15 is 0 Å². The van der Waals surface area contributed by atoms with E-state index in [1.165, 1.54) is 48.5 Å². The van der Waals surface area contributed by atoms with Gasteiger partial charge in [0.25, 0.3) is 23.3 Å². The van der Waals surface area contributed by atoms with E-state index in [0.29, 0.717) is 0 Å². The Morgan fingerprint density at radius 1 is 1.07 bits per heavy atom. The van der Waals surface area contributed by atoms with Crippen LogP contribution in [0.4, 0.5) is 18.9 Å². The minimum absolute atomic E-state index is 0.166. The van der Waals surface area contributed by atoms with E-state index < -0.39 is 40.8 Å². The van der Waals surface area contributed by atoms with Crippen LogP contribution in [0.3, 0.4) is 0 Å². The summed E-state index contributed by atoms with van der Waals surface area (Å²) in [5.74, 6) is -5.47. The van der Waals surface area contributed by atoms with Gasteiger partial charge in [0.2, 0.25) is 0 Å². The first-order valence-electron chi connectivity index (χ1n) is 8.49. The first kappa shape index (κ1) is 21.4. The number of nitrogens with zero attached hydrogens (tertiary/aromatic N) is 1. The highest BCUT2D eigenvalue weighted by molar-refractivity contribution is 6.34. The number of anilines is 1. The van der Waals surface area contributed by atoms with Crippen molar-refractivity contribution in [1.29, 1.82) is 0 Å². The van der Waals surface area contributed by atoms with E-state index in [0.717, 1.165) is 6.92 Å². The molecule has 1 saturated heterocycles. The lowest BCUT2D eigenvalue weighted by atomic mass is 9.89. The average molecular weight is 439 g/mol. The second-order valence-corrected chi connectivity index (χ2v) is 6.89. The Kier molecular flexibility index (Phi) is 5.34. The molecule has 3 amide bonds. The van der Waals surface area contributed by atoms with Crippen LogP contribution in [0, 0.1) is 0 Å². The summed E-state index contributed by atoms with van der Waals surface area (Å²) >= 11 is 5.76. The SMILES string of the molecule is C/C(O)=C1/C(=O)N(c2ccc(Cl)cc2)C(=O)[C@]1(NC(=O)c1ccccc1)C(F)(F)F. The van der Waals surface area contributed by atoms with E-state index in [2.05, 4.69) is 0 Å². The topological polar surface area (TPSA) is 86.7 Å². The maximum absolute atomic E-state index is 14.3. The summed E-state index contributed by atoms with van der Waals surface area (Å²) < 4.78 is 42.9. The van der Waals surface area contributed by atoms with E-state index in [4.69, 9.17) is 11.6 Å². The molecular weight excluding hydrogens is 425 g/mol. The standard InChI is InChI=1S/C20H14ClF3N2O4/c1-11(27)15-17(29)26(14-9-7-13(21)8-10-14)18(30)19(15,20(22,23)24)25-16(28)12-5-3-2-4-6-12/h2-10,27H,1H3,(H,25,28)/b15-11+/t19-/m0/s1. The van der Waals surface area contributed by atoms with Crippen molar-refractivity contribution in [3.8, 4) is 0 Å². The van der Waals surface area contributed by atoms with E-state index in [-0.39, 0.29) is 21.2 Å². The number of rotatable bonds is 3. The molecule has 30 heavy (non-hydrogen) atoms. The lowest BCUT2D eigenvalue weighted by Gasteiger charge is -2.31. The number of benzene rings is 2. The summed E-state index contributed by atoms with van der Waals surface area (Å²) in [5, 5.41) is 11.8. The van der Waals surface area contributed by atoms with Crippen molar-refractivity contribution in [2.24, 2.45) is 0 Å². The van der Waals surface area contributed by atoms with E-state index in [1.54, 1.807) is 11.4 Å². The van der Waals surface area contributed by atoms with Gasteiger partial charge in [0.15, 0.2) is 0 Å². The number of allylic oxidation sites excluding steroid dienone is 1. The van der Waals surface area contributed by atoms with Crippen LogP contribution in [0.25, 0.3) is 0 Å². The fraction of sp³-hybridized carbons (Fsp3) is 0.150. The van der Waals surface area contributed by atoms with Crippen molar-refractivity contribution in [2.75, 3.05) is 4.90 Å². The molecule has 0 radical (unpaired) electrons. The Morgan fingerprint density at radius 3 is 2.13 bits per heavy atom. The number of alkyl halides is 3. The van der Waals surface area contributed by atoms with E-state index in [9.17, 15) is 32.7 Å². The minimum atomic E-state index is -5.44. The number of halogens is 4. The van der Waals surface area contributed by atoms with Crippen molar-refractivity contribution in [3.05, 3.63) is 76.5 Å². The molecule has 0 aromatic heterocycles. The third kappa shape index (κ3) is 3.30. The van der Waals surface area contributed by atoms with E-state index in [1.807, 2.05) is 0 Å². The molecule has 1 aliphatic heterocycles. The normalized spacial score (nSPS) is 21.0. The van der Waals surface area contributed by atoms with Crippen LogP contribution in [0.1, 0.15) is 17.3 Å². The first-order chi connectivity index (χ1) is 14.0. The molecule has 0 spiro atoms. The molecule has 0 bridgehead atoms. The van der Waals surface area contributed by atoms with Gasteiger partial charge in [-0.2, -0.15) is 13.2 Å². The van der Waals surface area contributed by atoms with Crippen LogP contribution >= 0.6 is 11.6 Å². The van der Waals surface area contributed by atoms with Crippen molar-refractivity contribution in [2.45, 2.75) is 18.6 Å². The number of nitrogens with one attached hydrogen (secondary N) is 1. The predicted molar refractivity (Wildman–Crippen MR) is 102 cm³/mol. The van der Waals surface area contributed by atoms with Gasteiger partial charge < -0.3 is 10.4 Å². The Hall–Kier alpha value is -3.33. The molecule has 0 saturated carbocycles. The molecule has 1 heterocycles. The summed E-state index contributed by atoms with van der Waals surface area (Å²) in [6.07, 6.45) is -5.44. The van der Waals surface area contributed by atoms with Crippen LogP contribution in [-0.4, -0.2) is 34.5 Å². The smallest absolute Gasteiger partial charge is 0.425 e. The van der Waals surface area contributed by atoms with Gasteiger partial charge in [0.1, 0.15) is 5.76 Å². The second kappa shape index (κ2) is 7.49. The van der Waals surface area contributed by atoms with Gasteiger partial charge >= 0.3 is 6.18 Å². The highest BCUT2D eigenvalue weighted by Gasteiger charge is 2.72. The monoisotopic (exact) mass is 438 g/mol. The molecule has 1 atom stereocenters. The highest BCUT2D eigenvalue weighted by Crippen LogP contribution is 2.45. The number of carbonyl (C=O) groups is 3. The zero-order valence-electron chi connectivity index (χ0n) is 15.3. The zero-order chi connectivity index (χ0) is 22.3. The lowest BCUT2D eigenvalue weighted by molar-refractivity contribution is -0.184. The van der Waals surface area contributed by atoms with Gasteiger partial charge in [-0.1, -0.05) is 29.8 Å². The van der Waals surface area contributed by atoms with Gasteiger partial charge in [-0.25, -0.2) is 4.90 Å². The van der Waals surface area contributed by atoms with Gasteiger partial charge in [-0.05, 0) is 43.3 Å². The molecule has 2 aromatic carbocycles. The number of hydrogen-bond acceptors (Lipinski definition) is 4. The van der Waals surface area contributed by atoms with Gasteiger partial charge in [0, 0.05) is 10.6 Å². The minimum Gasteiger partial charge on any atom is -0.512 e. The number of imide groups is 1. The van der Waals surface area contributed by atoms with Crippen LogP contribution in [0.2, 0.25) is 5.02 Å². The van der Waals surface area contributed by atoms with Crippen LogP contribution in [0.15, 0.2) is 65.9 Å². The fourth-order valence-corrected chi connectivity index (χ4v) is 3.30. The molecule has 1 fully saturated rings. The molecule has 1 aliphatic rings. The lowest BCUT2D eigenvalue weighted by Crippen LogP contribution is -2.64. The number of carbonyl (C=O) groups excluding carboxylic acids is 3. The number of aliphatic hydroxyl groups is 1. The summed E-state index contributed by atoms with van der Waals surface area (Å²) in [5.41, 5.74) is -5.41. The highest BCUT2D eigenvalue weighted by atomic mass is 35.5. The Balaban J connectivity index is 2.20. The molecule has 156 valence electrons. The molecule has 0 aliphatic carbocycles. The molecule has 6 nitrogen and oxygen atoms in total. The largest absolute Gasteiger partial charge is 0.512 e. The Labute approximate surface area is 173 Å². The predicted octanol–water partition coefficient (Wildman–Crippen LogP) is 3.78. The molecular formula is C20H14ClF3N2O4. The van der Waals surface area contributed by atoms with Gasteiger partial charge in [0.05, 0.1) is 11.3 Å². The third-order valence-electron chi connectivity index (χ3n) is 4.52. The van der Waals surface area contributed by atoms with Gasteiger partial charge in [-0.3, -0.25) is 14.4 Å². The third-order valence-corrected chi connectivity index (χ3v) is 4.78. The Bertz CT molecular complexity index is 1050. The van der Waals surface area contributed by atoms with Crippen LogP contribution < -0.4 is 10.2 Å². The van der Waals surface area contributed by atoms with Gasteiger partial charge in [-0.15, -0.1) is 0 Å². The molecule has 2 aromatic rings. The second-order valence-electron chi connectivity index (χ2n) is 6.45. The maximum atomic E-state index is 14.3. The van der Waals surface area contributed by atoms with Crippen LogP contribution in [-0.2, 0) is 9.59 Å². The van der Waals surface area contributed by atoms with Crippen LogP contribution in [0.5, 0.6) is 0 Å². The number of amides is 3. The number of aliphatic hydroxyl groups excluding tert-OH is 1. The zero-order valence-corrected chi connectivity index (χ0v) is 16.1. The molecule has 3 rings (SSSR count). The van der Waals surface area contributed by atoms with Crippen molar-refractivity contribution >= 4 is 35.0 Å². The average Bonchev–Trinajstić information content (AvgIpc) is 2.90. The number of hydrogen-bond donors (Lipinski definition) is 2. The quantitative estimate of drug-likeness (QED) is 0.434. The molecule has 2 N–H and O–H groups in total. The van der Waals surface area contributed by atoms with Crippen molar-refractivity contribution < 1.29 is 32.7 Å². The summed E-state index contributed by atoms with van der Waals surface area (Å²) in [7, 11) is 0. The molecule has 0 unspecified atom stereocenters.